The summed E-state index contributed by atoms with van der Waals surface area (Å²) in [6, 6.07) is 7.94. The van der Waals surface area contributed by atoms with Crippen LogP contribution in [0.2, 0.25) is 0 Å². The van der Waals surface area contributed by atoms with Crippen LogP contribution in [0.1, 0.15) is 31.5 Å². The molecule has 0 radical (unpaired) electrons. The van der Waals surface area contributed by atoms with E-state index in [0.717, 1.165) is 6.20 Å². The summed E-state index contributed by atoms with van der Waals surface area (Å²) in [6.45, 7) is -1.42. The highest BCUT2D eigenvalue weighted by Crippen LogP contribution is 2.11. The number of methoxy groups -OCH3 is 2. The summed E-state index contributed by atoms with van der Waals surface area (Å²) in [5.41, 5.74) is 0.126. The lowest BCUT2D eigenvalue weighted by molar-refractivity contribution is 0.0585. The third-order valence-electron chi connectivity index (χ3n) is 3.98. The van der Waals surface area contributed by atoms with Gasteiger partial charge in [-0.3, -0.25) is 0 Å². The Balaban J connectivity index is 0.000000304. The van der Waals surface area contributed by atoms with E-state index in [0.29, 0.717) is 0 Å². The summed E-state index contributed by atoms with van der Waals surface area (Å²) < 4.78 is 65.0. The molecule has 3 aromatic heterocycles. The predicted molar refractivity (Wildman–Crippen MR) is 127 cm³/mol. The van der Waals surface area contributed by atoms with Crippen LogP contribution in [0.5, 0.6) is 17.2 Å². The molecule has 0 saturated heterocycles. The van der Waals surface area contributed by atoms with Crippen LogP contribution in [0.3, 0.4) is 0 Å². The van der Waals surface area contributed by atoms with E-state index in [1.807, 2.05) is 0 Å². The Bertz CT molecular complexity index is 1200. The molecule has 0 amide bonds. The number of carboxylic acid groups (broad SMARTS) is 1. The lowest BCUT2D eigenvalue weighted by atomic mass is 10.3. The molecular formula is C24H23F4N3O9. The molecule has 0 saturated carbocycles. The van der Waals surface area contributed by atoms with Crippen molar-refractivity contribution in [2.75, 3.05) is 27.4 Å². The highest BCUT2D eigenvalue weighted by atomic mass is 19.3. The molecule has 40 heavy (non-hydrogen) atoms. The molecule has 0 atom stereocenters. The molecule has 0 unspecified atom stereocenters. The van der Waals surface area contributed by atoms with Crippen LogP contribution in [-0.4, -0.2) is 83.4 Å². The first kappa shape index (κ1) is 33.0. The van der Waals surface area contributed by atoms with Gasteiger partial charge in [-0.25, -0.2) is 46.9 Å². The summed E-state index contributed by atoms with van der Waals surface area (Å²) >= 11 is 0. The lowest BCUT2D eigenvalue weighted by Gasteiger charge is -2.04. The number of aromatic nitrogens is 3. The first-order chi connectivity index (χ1) is 19.0. The molecule has 0 bridgehead atoms. The normalized spacial score (nSPS) is 9.90. The van der Waals surface area contributed by atoms with Gasteiger partial charge in [0, 0.05) is 0 Å². The Hall–Kier alpha value is -5.02. The Morgan fingerprint density at radius 1 is 0.700 bits per heavy atom. The topological polar surface area (TPSA) is 167 Å². The molecule has 3 heterocycles. The highest BCUT2D eigenvalue weighted by molar-refractivity contribution is 5.87. The standard InChI is InChI=1S/C9H9F2NO3.C8H7F2NO3.C7H7NO3/c1-14-9(13)7-3-2-6(4-12-7)15-5-8(10)11;9-7(10)4-14-5-1-2-6(8(12)13)11-3-5;1-11-7(10)6-3-2-5(9)4-8-6/h2-4,8H,5H2,1H3;1-3,7H,4H2,(H,12,13);2-4,9H,1H3. The van der Waals surface area contributed by atoms with Crippen LogP contribution in [0.25, 0.3) is 0 Å². The first-order valence-corrected chi connectivity index (χ1v) is 10.8. The lowest BCUT2D eigenvalue weighted by Crippen LogP contribution is -2.08. The van der Waals surface area contributed by atoms with Gasteiger partial charge in [0.2, 0.25) is 0 Å². The molecule has 0 aromatic carbocycles. The number of carbonyl (C=O) groups is 3. The number of carboxylic acids is 1. The number of halogens is 4. The fourth-order valence-corrected chi connectivity index (χ4v) is 2.21. The zero-order valence-electron chi connectivity index (χ0n) is 20.9. The van der Waals surface area contributed by atoms with Crippen molar-refractivity contribution in [1.29, 1.82) is 0 Å². The van der Waals surface area contributed by atoms with E-state index in [9.17, 15) is 31.9 Å². The van der Waals surface area contributed by atoms with Crippen molar-refractivity contribution < 1.29 is 61.1 Å². The number of hydrogen-bond donors (Lipinski definition) is 2. The summed E-state index contributed by atoms with van der Waals surface area (Å²) in [4.78, 5) is 42.9. The number of esters is 2. The summed E-state index contributed by atoms with van der Waals surface area (Å²) in [5.74, 6) is -1.94. The van der Waals surface area contributed by atoms with Crippen molar-refractivity contribution in [3.63, 3.8) is 0 Å². The number of ether oxygens (including phenoxy) is 4. The van der Waals surface area contributed by atoms with Crippen LogP contribution in [0.4, 0.5) is 17.6 Å². The zero-order chi connectivity index (χ0) is 30.1. The number of alkyl halides is 4. The van der Waals surface area contributed by atoms with E-state index < -0.39 is 44.0 Å². The van der Waals surface area contributed by atoms with Crippen molar-refractivity contribution in [3.05, 3.63) is 72.1 Å². The molecule has 16 heteroatoms. The summed E-state index contributed by atoms with van der Waals surface area (Å²) in [7, 11) is 2.50. The number of aromatic hydroxyl groups is 1. The van der Waals surface area contributed by atoms with Gasteiger partial charge < -0.3 is 29.2 Å². The van der Waals surface area contributed by atoms with Crippen LogP contribution in [0.15, 0.2) is 55.0 Å². The molecule has 0 spiro atoms. The largest absolute Gasteiger partial charge is 0.506 e. The molecule has 3 aromatic rings. The highest BCUT2D eigenvalue weighted by Gasteiger charge is 2.09. The van der Waals surface area contributed by atoms with E-state index in [1.165, 1.54) is 63.0 Å². The Labute approximate surface area is 224 Å². The van der Waals surface area contributed by atoms with E-state index in [2.05, 4.69) is 33.9 Å². The molecular weight excluding hydrogens is 550 g/mol. The van der Waals surface area contributed by atoms with E-state index in [-0.39, 0.29) is 34.3 Å². The molecule has 12 nitrogen and oxygen atoms in total. The van der Waals surface area contributed by atoms with E-state index in [1.54, 1.807) is 0 Å². The SMILES string of the molecule is COC(=O)c1ccc(O)cn1.COC(=O)c1ccc(OCC(F)F)cn1.O=C(O)c1ccc(OCC(F)F)cn1. The third-order valence-corrected chi connectivity index (χ3v) is 3.98. The fourth-order valence-electron chi connectivity index (χ4n) is 2.21. The van der Waals surface area contributed by atoms with Gasteiger partial charge in [0.25, 0.3) is 12.9 Å². The van der Waals surface area contributed by atoms with Crippen molar-refractivity contribution in [3.8, 4) is 17.2 Å². The number of rotatable bonds is 9. The molecule has 0 aliphatic rings. The van der Waals surface area contributed by atoms with Crippen LogP contribution >= 0.6 is 0 Å². The van der Waals surface area contributed by atoms with Crippen LogP contribution in [0, 0.1) is 0 Å². The smallest absolute Gasteiger partial charge is 0.356 e. The average molecular weight is 573 g/mol. The number of aromatic carboxylic acids is 1. The van der Waals surface area contributed by atoms with Gasteiger partial charge in [0.05, 0.1) is 32.8 Å². The van der Waals surface area contributed by atoms with Gasteiger partial charge in [-0.1, -0.05) is 0 Å². The molecule has 216 valence electrons. The molecule has 0 fully saturated rings. The molecule has 0 aliphatic heterocycles. The van der Waals surface area contributed by atoms with Crippen molar-refractivity contribution in [2.45, 2.75) is 12.9 Å². The van der Waals surface area contributed by atoms with Gasteiger partial charge in [-0.15, -0.1) is 0 Å². The number of pyridine rings is 3. The molecule has 3 rings (SSSR count). The maximum atomic E-state index is 11.8. The minimum Gasteiger partial charge on any atom is -0.506 e. The van der Waals surface area contributed by atoms with E-state index in [4.69, 9.17) is 10.2 Å². The van der Waals surface area contributed by atoms with Gasteiger partial charge in [0.15, 0.2) is 0 Å². The first-order valence-electron chi connectivity index (χ1n) is 10.8. The Kier molecular flexibility index (Phi) is 14.4. The fraction of sp³-hybridized carbons (Fsp3) is 0.250. The Morgan fingerprint density at radius 3 is 1.40 bits per heavy atom. The minimum atomic E-state index is -2.56. The number of nitrogens with zero attached hydrogens (tertiary/aromatic N) is 3. The monoisotopic (exact) mass is 573 g/mol. The summed E-state index contributed by atoms with van der Waals surface area (Å²) in [6.07, 6.45) is -1.63. The van der Waals surface area contributed by atoms with Crippen molar-refractivity contribution >= 4 is 17.9 Å². The quantitative estimate of drug-likeness (QED) is 0.283. The predicted octanol–water partition coefficient (Wildman–Crippen LogP) is 3.51. The van der Waals surface area contributed by atoms with Gasteiger partial charge in [0.1, 0.15) is 47.5 Å². The zero-order valence-corrected chi connectivity index (χ0v) is 20.9. The second kappa shape index (κ2) is 17.5. The average Bonchev–Trinajstić information content (AvgIpc) is 2.95. The van der Waals surface area contributed by atoms with Gasteiger partial charge in [-0.05, 0) is 36.4 Å². The maximum absolute atomic E-state index is 11.8. The molecule has 0 aliphatic carbocycles. The third kappa shape index (κ3) is 13.0. The van der Waals surface area contributed by atoms with E-state index >= 15 is 0 Å². The second-order valence-electron chi connectivity index (χ2n) is 6.85. The molecule has 2 N–H and O–H groups in total. The van der Waals surface area contributed by atoms with Gasteiger partial charge >= 0.3 is 17.9 Å². The minimum absolute atomic E-state index is 0.0256. The van der Waals surface area contributed by atoms with Crippen LogP contribution in [-0.2, 0) is 9.47 Å². The van der Waals surface area contributed by atoms with Crippen molar-refractivity contribution in [1.82, 2.24) is 15.0 Å². The number of hydrogen-bond acceptors (Lipinski definition) is 11. The van der Waals surface area contributed by atoms with Crippen molar-refractivity contribution in [2.24, 2.45) is 0 Å². The van der Waals surface area contributed by atoms with Gasteiger partial charge in [-0.2, -0.15) is 0 Å². The number of carbonyl (C=O) groups excluding carboxylic acids is 2. The second-order valence-corrected chi connectivity index (χ2v) is 6.85. The summed E-state index contributed by atoms with van der Waals surface area (Å²) in [5, 5.41) is 17.3. The Morgan fingerprint density at radius 2 is 1.10 bits per heavy atom. The maximum Gasteiger partial charge on any atom is 0.356 e. The van der Waals surface area contributed by atoms with Crippen LogP contribution < -0.4 is 9.47 Å².